The van der Waals surface area contributed by atoms with Crippen molar-refractivity contribution in [2.45, 2.75) is 83.7 Å². The summed E-state index contributed by atoms with van der Waals surface area (Å²) in [7, 11) is -2.11. The van der Waals surface area contributed by atoms with Gasteiger partial charge in [-0.25, -0.2) is 4.79 Å². The summed E-state index contributed by atoms with van der Waals surface area (Å²) >= 11 is 0. The fourth-order valence-electron chi connectivity index (χ4n) is 4.97. The predicted molar refractivity (Wildman–Crippen MR) is 128 cm³/mol. The Bertz CT molecular complexity index is 800. The zero-order valence-corrected chi connectivity index (χ0v) is 20.9. The molecule has 1 aliphatic rings. The van der Waals surface area contributed by atoms with Gasteiger partial charge in [0.25, 0.3) is 8.32 Å². The molecule has 1 saturated heterocycles. The number of hydrogen-bond acceptors (Lipinski definition) is 5. The van der Waals surface area contributed by atoms with E-state index in [2.05, 4.69) is 53.4 Å². The molecule has 0 radical (unpaired) electrons. The highest BCUT2D eigenvalue weighted by Gasteiger charge is 2.47. The van der Waals surface area contributed by atoms with Crippen LogP contribution in [0.3, 0.4) is 0 Å². The number of hydrogen-bond donors (Lipinski definition) is 2. The van der Waals surface area contributed by atoms with Crippen LogP contribution < -0.4 is 15.5 Å². The number of ketones is 1. The lowest BCUT2D eigenvalue weighted by atomic mass is 9.93. The zero-order chi connectivity index (χ0) is 23.5. The van der Waals surface area contributed by atoms with Gasteiger partial charge in [-0.05, 0) is 28.8 Å². The topological polar surface area (TPSA) is 90.6 Å². The molecule has 0 bridgehead atoms. The number of nitrogens with one attached hydrogen (secondary N) is 1. The molecule has 1 amide bonds. The molecule has 1 aromatic rings. The van der Waals surface area contributed by atoms with Crippen LogP contribution in [0.1, 0.15) is 65.2 Å². The first-order valence-corrected chi connectivity index (χ1v) is 13.3. The van der Waals surface area contributed by atoms with Crippen molar-refractivity contribution in [3.8, 4) is 5.75 Å². The van der Waals surface area contributed by atoms with E-state index in [1.165, 1.54) is 0 Å². The van der Waals surface area contributed by atoms with Crippen LogP contribution in [0, 0.1) is 5.92 Å². The number of cyclic esters (lactones) is 1. The third kappa shape index (κ3) is 5.14. The Morgan fingerprint density at radius 2 is 1.77 bits per heavy atom. The van der Waals surface area contributed by atoms with E-state index in [1.807, 2.05) is 13.0 Å². The lowest BCUT2D eigenvalue weighted by Gasteiger charge is -2.42. The van der Waals surface area contributed by atoms with Crippen molar-refractivity contribution in [1.29, 1.82) is 0 Å². The van der Waals surface area contributed by atoms with Crippen LogP contribution in [0.4, 0.5) is 10.5 Å². The standard InChI is InChI=1S/C24H38N2O4Si/c1-9-17(8)23-21(26-24(28)29-23)13-22(27)19-11-10-18(12-20(19)25)30-31(14(2)3,15(4)5)16(6)7/h9-12,14-17,21,23H,1,13,25H2,2-8H3,(H,26,28)/t17?,21-,23-/m1/s1. The van der Waals surface area contributed by atoms with E-state index in [1.54, 1.807) is 18.2 Å². The number of benzene rings is 1. The third-order valence-corrected chi connectivity index (χ3v) is 12.6. The number of ether oxygens (including phenoxy) is 1. The molecular formula is C24H38N2O4Si. The summed E-state index contributed by atoms with van der Waals surface area (Å²) in [6, 6.07) is 4.92. The van der Waals surface area contributed by atoms with Crippen LogP contribution in [0.15, 0.2) is 30.9 Å². The molecule has 31 heavy (non-hydrogen) atoms. The molecule has 1 heterocycles. The first kappa shape index (κ1) is 25.0. The predicted octanol–water partition coefficient (Wildman–Crippen LogP) is 5.70. The number of rotatable bonds is 10. The second-order valence-corrected chi connectivity index (χ2v) is 14.9. The maximum absolute atomic E-state index is 13.0. The normalized spacial score (nSPS) is 20.0. The van der Waals surface area contributed by atoms with E-state index in [9.17, 15) is 9.59 Å². The van der Waals surface area contributed by atoms with Crippen molar-refractivity contribution in [2.75, 3.05) is 5.73 Å². The average molecular weight is 447 g/mol. The summed E-state index contributed by atoms with van der Waals surface area (Å²) < 4.78 is 12.0. The highest BCUT2D eigenvalue weighted by atomic mass is 28.4. The number of alkyl carbamates (subject to hydrolysis) is 1. The van der Waals surface area contributed by atoms with Crippen molar-refractivity contribution >= 4 is 25.9 Å². The van der Waals surface area contributed by atoms with E-state index in [0.717, 1.165) is 0 Å². The van der Waals surface area contributed by atoms with Crippen molar-refractivity contribution in [3.63, 3.8) is 0 Å². The van der Waals surface area contributed by atoms with Crippen LogP contribution in [0.25, 0.3) is 0 Å². The smallest absolute Gasteiger partial charge is 0.407 e. The molecule has 0 aromatic heterocycles. The number of nitrogen functional groups attached to an aromatic ring is 1. The lowest BCUT2D eigenvalue weighted by Crippen LogP contribution is -2.50. The van der Waals surface area contributed by atoms with E-state index in [4.69, 9.17) is 14.9 Å². The number of amides is 1. The Hall–Kier alpha value is -2.28. The lowest BCUT2D eigenvalue weighted by molar-refractivity contribution is 0.0893. The van der Waals surface area contributed by atoms with Crippen LogP contribution in [0.5, 0.6) is 5.75 Å². The van der Waals surface area contributed by atoms with Gasteiger partial charge in [-0.1, -0.05) is 54.5 Å². The minimum atomic E-state index is -2.11. The summed E-state index contributed by atoms with van der Waals surface area (Å²) in [6.45, 7) is 19.0. The molecule has 172 valence electrons. The van der Waals surface area contributed by atoms with E-state index in [-0.39, 0.29) is 18.1 Å². The number of Topliss-reactive ketones (excluding diaryl/α,β-unsaturated/α-hetero) is 1. The molecule has 0 aliphatic carbocycles. The number of carbonyl (C=O) groups excluding carboxylic acids is 2. The first-order chi connectivity index (χ1) is 14.4. The number of carbonyl (C=O) groups is 2. The number of nitrogens with two attached hydrogens (primary N) is 1. The molecule has 1 aliphatic heterocycles. The minimum absolute atomic E-state index is 0.0638. The zero-order valence-electron chi connectivity index (χ0n) is 19.9. The summed E-state index contributed by atoms with van der Waals surface area (Å²) in [6.07, 6.45) is 0.900. The summed E-state index contributed by atoms with van der Waals surface area (Å²) in [4.78, 5) is 24.7. The highest BCUT2D eigenvalue weighted by molar-refractivity contribution is 6.78. The fraction of sp³-hybridized carbons (Fsp3) is 0.583. The average Bonchev–Trinajstić information content (AvgIpc) is 3.04. The summed E-state index contributed by atoms with van der Waals surface area (Å²) in [5.74, 6) is 0.514. The van der Waals surface area contributed by atoms with Crippen molar-refractivity contribution in [2.24, 2.45) is 5.92 Å². The van der Waals surface area contributed by atoms with Gasteiger partial charge in [-0.3, -0.25) is 4.79 Å². The van der Waals surface area contributed by atoms with Gasteiger partial charge in [0.1, 0.15) is 11.9 Å². The molecule has 3 atom stereocenters. The van der Waals surface area contributed by atoms with Crippen molar-refractivity contribution in [3.05, 3.63) is 36.4 Å². The van der Waals surface area contributed by atoms with Crippen LogP contribution in [0.2, 0.25) is 16.6 Å². The van der Waals surface area contributed by atoms with Crippen LogP contribution in [-0.4, -0.2) is 32.3 Å². The minimum Gasteiger partial charge on any atom is -0.543 e. The molecule has 6 nitrogen and oxygen atoms in total. The Labute approximate surface area is 187 Å². The van der Waals surface area contributed by atoms with Gasteiger partial charge in [0.2, 0.25) is 0 Å². The van der Waals surface area contributed by atoms with Gasteiger partial charge < -0.3 is 20.2 Å². The maximum Gasteiger partial charge on any atom is 0.407 e. The Kier molecular flexibility index (Phi) is 7.97. The van der Waals surface area contributed by atoms with Gasteiger partial charge in [-0.15, -0.1) is 6.58 Å². The monoisotopic (exact) mass is 446 g/mol. The Morgan fingerprint density at radius 3 is 2.26 bits per heavy atom. The molecule has 1 unspecified atom stereocenters. The van der Waals surface area contributed by atoms with E-state index in [0.29, 0.717) is 33.6 Å². The molecular weight excluding hydrogens is 408 g/mol. The largest absolute Gasteiger partial charge is 0.543 e. The van der Waals surface area contributed by atoms with Crippen LogP contribution >= 0.6 is 0 Å². The first-order valence-electron chi connectivity index (χ1n) is 11.1. The quantitative estimate of drug-likeness (QED) is 0.208. The van der Waals surface area contributed by atoms with Gasteiger partial charge in [0.05, 0.1) is 6.04 Å². The highest BCUT2D eigenvalue weighted by Crippen LogP contribution is 2.43. The van der Waals surface area contributed by atoms with Gasteiger partial charge in [-0.2, -0.15) is 0 Å². The second kappa shape index (κ2) is 9.89. The number of anilines is 1. The molecule has 7 heteroatoms. The molecule has 0 saturated carbocycles. The molecule has 3 N–H and O–H groups in total. The van der Waals surface area contributed by atoms with Crippen LogP contribution in [-0.2, 0) is 4.74 Å². The Morgan fingerprint density at radius 1 is 1.19 bits per heavy atom. The molecule has 0 spiro atoms. The van der Waals surface area contributed by atoms with Crippen molar-refractivity contribution < 1.29 is 18.8 Å². The second-order valence-electron chi connectivity index (χ2n) is 9.51. The van der Waals surface area contributed by atoms with E-state index >= 15 is 0 Å². The van der Waals surface area contributed by atoms with Gasteiger partial charge in [0.15, 0.2) is 5.78 Å². The maximum atomic E-state index is 13.0. The molecule has 1 fully saturated rings. The fourth-order valence-corrected chi connectivity index (χ4v) is 10.2. The summed E-state index contributed by atoms with van der Waals surface area (Å²) in [5, 5.41) is 2.73. The molecule has 2 rings (SSSR count). The Balaban J connectivity index is 2.23. The van der Waals surface area contributed by atoms with Gasteiger partial charge >= 0.3 is 6.09 Å². The SMILES string of the molecule is C=CC(C)[C@H]1OC(=O)N[C@@H]1CC(=O)c1ccc(O[Si](C(C)C)(C(C)C)C(C)C)cc1N. The van der Waals surface area contributed by atoms with Gasteiger partial charge in [0, 0.05) is 29.7 Å². The third-order valence-electron chi connectivity index (χ3n) is 6.56. The van der Waals surface area contributed by atoms with E-state index < -0.39 is 26.6 Å². The summed E-state index contributed by atoms with van der Waals surface area (Å²) in [5.41, 5.74) is 8.40. The van der Waals surface area contributed by atoms with Crippen molar-refractivity contribution in [1.82, 2.24) is 5.32 Å². The molecule has 1 aromatic carbocycles.